The summed E-state index contributed by atoms with van der Waals surface area (Å²) < 4.78 is 0. The second kappa shape index (κ2) is 5.17. The van der Waals surface area contributed by atoms with Crippen LogP contribution in [0, 0.1) is 0 Å². The Bertz CT molecular complexity index is 487. The molecule has 0 saturated carbocycles. The number of piperazine rings is 1. The Morgan fingerprint density at radius 2 is 1.47 bits per heavy atom. The molecule has 102 valence electrons. The van der Waals surface area contributed by atoms with E-state index in [4.69, 9.17) is 0 Å². The number of rotatable bonds is 1. The van der Waals surface area contributed by atoms with Crippen LogP contribution in [0.2, 0.25) is 0 Å². The third-order valence-corrected chi connectivity index (χ3v) is 3.25. The molecule has 1 aliphatic heterocycles. The van der Waals surface area contributed by atoms with Crippen LogP contribution in [0.5, 0.6) is 11.5 Å². The first-order valence-corrected chi connectivity index (χ1v) is 6.06. The lowest BCUT2D eigenvalue weighted by molar-refractivity contribution is -0.130. The molecule has 0 spiro atoms. The van der Waals surface area contributed by atoms with Crippen molar-refractivity contribution in [2.75, 3.05) is 26.2 Å². The van der Waals surface area contributed by atoms with Crippen LogP contribution in [0.3, 0.4) is 0 Å². The molecule has 0 aromatic heterocycles. The van der Waals surface area contributed by atoms with Gasteiger partial charge in [0.15, 0.2) is 0 Å². The van der Waals surface area contributed by atoms with Gasteiger partial charge in [-0.1, -0.05) is 6.07 Å². The number of phenols is 2. The molecule has 19 heavy (non-hydrogen) atoms. The smallest absolute Gasteiger partial charge is 0.261 e. The third kappa shape index (κ3) is 2.62. The lowest BCUT2D eigenvalue weighted by atomic mass is 10.1. The van der Waals surface area contributed by atoms with Crippen molar-refractivity contribution in [3.05, 3.63) is 23.8 Å². The monoisotopic (exact) mass is 264 g/mol. The van der Waals surface area contributed by atoms with Gasteiger partial charge in [-0.3, -0.25) is 9.59 Å². The molecular formula is C13H16N2O4. The maximum atomic E-state index is 12.2. The molecule has 0 radical (unpaired) electrons. The van der Waals surface area contributed by atoms with Crippen LogP contribution in [0.4, 0.5) is 0 Å². The van der Waals surface area contributed by atoms with Gasteiger partial charge in [0.25, 0.3) is 5.91 Å². The van der Waals surface area contributed by atoms with E-state index in [1.54, 1.807) is 4.90 Å². The fourth-order valence-corrected chi connectivity index (χ4v) is 2.13. The van der Waals surface area contributed by atoms with Crippen molar-refractivity contribution in [2.24, 2.45) is 0 Å². The molecule has 0 unspecified atom stereocenters. The van der Waals surface area contributed by atoms with E-state index in [0.29, 0.717) is 26.2 Å². The summed E-state index contributed by atoms with van der Waals surface area (Å²) in [4.78, 5) is 26.6. The van der Waals surface area contributed by atoms with Gasteiger partial charge in [-0.05, 0) is 12.1 Å². The first-order valence-electron chi connectivity index (χ1n) is 6.06. The molecule has 2 N–H and O–H groups in total. The molecule has 1 saturated heterocycles. The standard InChI is InChI=1S/C13H16N2O4/c1-9(16)14-5-7-15(8-6-14)13(19)12-10(17)3-2-4-11(12)18/h2-4,17-18H,5-8H2,1H3. The van der Waals surface area contributed by atoms with Gasteiger partial charge >= 0.3 is 0 Å². The number of aromatic hydroxyl groups is 2. The summed E-state index contributed by atoms with van der Waals surface area (Å²) in [6.45, 7) is 3.22. The first kappa shape index (κ1) is 13.2. The summed E-state index contributed by atoms with van der Waals surface area (Å²) in [5, 5.41) is 19.3. The van der Waals surface area contributed by atoms with E-state index in [-0.39, 0.29) is 23.0 Å². The van der Waals surface area contributed by atoms with Crippen LogP contribution in [-0.2, 0) is 4.79 Å². The molecule has 6 nitrogen and oxygen atoms in total. The van der Waals surface area contributed by atoms with Gasteiger partial charge in [0.2, 0.25) is 5.91 Å². The SMILES string of the molecule is CC(=O)N1CCN(C(=O)c2c(O)cccc2O)CC1. The highest BCUT2D eigenvalue weighted by atomic mass is 16.3. The second-order valence-electron chi connectivity index (χ2n) is 4.47. The molecule has 0 atom stereocenters. The lowest BCUT2D eigenvalue weighted by Crippen LogP contribution is -2.50. The minimum atomic E-state index is -0.418. The first-order chi connectivity index (χ1) is 9.00. The van der Waals surface area contributed by atoms with E-state index in [1.807, 2.05) is 0 Å². The highest BCUT2D eigenvalue weighted by Crippen LogP contribution is 2.27. The Hall–Kier alpha value is -2.24. The second-order valence-corrected chi connectivity index (χ2v) is 4.47. The van der Waals surface area contributed by atoms with Crippen molar-refractivity contribution >= 4 is 11.8 Å². The Balaban J connectivity index is 2.12. The zero-order valence-corrected chi connectivity index (χ0v) is 10.7. The van der Waals surface area contributed by atoms with Crippen molar-refractivity contribution in [3.63, 3.8) is 0 Å². The lowest BCUT2D eigenvalue weighted by Gasteiger charge is -2.34. The normalized spacial score (nSPS) is 15.4. The number of hydrogen-bond donors (Lipinski definition) is 2. The minimum absolute atomic E-state index is 0.0162. The van der Waals surface area contributed by atoms with E-state index < -0.39 is 5.91 Å². The molecule has 1 fully saturated rings. The predicted octanol–water partition coefficient (Wildman–Crippen LogP) is 0.402. The average molecular weight is 264 g/mol. The summed E-state index contributed by atoms with van der Waals surface area (Å²) in [5.74, 6) is -0.908. The molecule has 0 aliphatic carbocycles. The van der Waals surface area contributed by atoms with Crippen LogP contribution in [0.15, 0.2) is 18.2 Å². The van der Waals surface area contributed by atoms with E-state index in [0.717, 1.165) is 0 Å². The average Bonchev–Trinajstić information content (AvgIpc) is 2.38. The van der Waals surface area contributed by atoms with Gasteiger partial charge in [0, 0.05) is 33.1 Å². The van der Waals surface area contributed by atoms with Gasteiger partial charge < -0.3 is 20.0 Å². The van der Waals surface area contributed by atoms with Gasteiger partial charge in [-0.25, -0.2) is 0 Å². The summed E-state index contributed by atoms with van der Waals surface area (Å²) in [5.41, 5.74) is -0.0845. The largest absolute Gasteiger partial charge is 0.507 e. The Labute approximate surface area is 110 Å². The van der Waals surface area contributed by atoms with Crippen LogP contribution < -0.4 is 0 Å². The fraction of sp³-hybridized carbons (Fsp3) is 0.385. The summed E-state index contributed by atoms with van der Waals surface area (Å²) in [6.07, 6.45) is 0. The molecule has 1 aromatic carbocycles. The Morgan fingerprint density at radius 3 is 1.95 bits per heavy atom. The van der Waals surface area contributed by atoms with Crippen LogP contribution in [0.1, 0.15) is 17.3 Å². The van der Waals surface area contributed by atoms with E-state index >= 15 is 0 Å². The predicted molar refractivity (Wildman–Crippen MR) is 67.9 cm³/mol. The van der Waals surface area contributed by atoms with E-state index in [2.05, 4.69) is 0 Å². The molecule has 1 aliphatic rings. The van der Waals surface area contributed by atoms with Crippen molar-refractivity contribution in [1.29, 1.82) is 0 Å². The van der Waals surface area contributed by atoms with E-state index in [1.165, 1.54) is 30.0 Å². The third-order valence-electron chi connectivity index (χ3n) is 3.25. The van der Waals surface area contributed by atoms with Crippen molar-refractivity contribution in [2.45, 2.75) is 6.92 Å². The molecule has 2 rings (SSSR count). The topological polar surface area (TPSA) is 81.1 Å². The van der Waals surface area contributed by atoms with E-state index in [9.17, 15) is 19.8 Å². The van der Waals surface area contributed by atoms with Crippen molar-refractivity contribution in [1.82, 2.24) is 9.80 Å². The zero-order chi connectivity index (χ0) is 14.0. The number of benzene rings is 1. The van der Waals surface area contributed by atoms with Crippen LogP contribution in [0.25, 0.3) is 0 Å². The highest BCUT2D eigenvalue weighted by Gasteiger charge is 2.26. The summed E-state index contributed by atoms with van der Waals surface area (Å²) >= 11 is 0. The zero-order valence-electron chi connectivity index (χ0n) is 10.7. The number of amides is 2. The Kier molecular flexibility index (Phi) is 3.59. The number of nitrogens with zero attached hydrogens (tertiary/aromatic N) is 2. The molecule has 6 heteroatoms. The van der Waals surface area contributed by atoms with Crippen molar-refractivity contribution < 1.29 is 19.8 Å². The maximum Gasteiger partial charge on any atom is 0.261 e. The highest BCUT2D eigenvalue weighted by molar-refractivity contribution is 5.99. The molecule has 2 amide bonds. The van der Waals surface area contributed by atoms with Gasteiger partial charge in [0.05, 0.1) is 0 Å². The van der Waals surface area contributed by atoms with Crippen LogP contribution in [-0.4, -0.2) is 58.0 Å². The van der Waals surface area contributed by atoms with Gasteiger partial charge in [-0.2, -0.15) is 0 Å². The molecule has 1 heterocycles. The molecular weight excluding hydrogens is 248 g/mol. The summed E-state index contributed by atoms with van der Waals surface area (Å²) in [7, 11) is 0. The van der Waals surface area contributed by atoms with Gasteiger partial charge in [-0.15, -0.1) is 0 Å². The molecule has 1 aromatic rings. The number of hydrogen-bond acceptors (Lipinski definition) is 4. The fourth-order valence-electron chi connectivity index (χ4n) is 2.13. The maximum absolute atomic E-state index is 12.2. The number of carbonyl (C=O) groups excluding carboxylic acids is 2. The molecule has 0 bridgehead atoms. The number of phenolic OH excluding ortho intramolecular Hbond substituents is 2. The Morgan fingerprint density at radius 1 is 1.00 bits per heavy atom. The minimum Gasteiger partial charge on any atom is -0.507 e. The van der Waals surface area contributed by atoms with Gasteiger partial charge in [0.1, 0.15) is 17.1 Å². The van der Waals surface area contributed by atoms with Crippen LogP contribution >= 0.6 is 0 Å². The quantitative estimate of drug-likeness (QED) is 0.769. The summed E-state index contributed by atoms with van der Waals surface area (Å²) in [6, 6.07) is 4.19. The van der Waals surface area contributed by atoms with Crippen molar-refractivity contribution in [3.8, 4) is 11.5 Å². The number of carbonyl (C=O) groups is 2.